The summed E-state index contributed by atoms with van der Waals surface area (Å²) in [7, 11) is 0. The van der Waals surface area contributed by atoms with Crippen LogP contribution in [0, 0.1) is 6.92 Å². The second-order valence-electron chi connectivity index (χ2n) is 3.88. The maximum absolute atomic E-state index is 11.3. The van der Waals surface area contributed by atoms with Crippen LogP contribution in [-0.2, 0) is 6.54 Å². The molecule has 94 valence electrons. The van der Waals surface area contributed by atoms with Gasteiger partial charge in [0.1, 0.15) is 0 Å². The Labute approximate surface area is 109 Å². The molecule has 0 aliphatic carbocycles. The van der Waals surface area contributed by atoms with E-state index in [4.69, 9.17) is 11.5 Å². The molecule has 0 saturated carbocycles. The van der Waals surface area contributed by atoms with Gasteiger partial charge >= 0.3 is 0 Å². The molecular formula is C12H14N4OS. The van der Waals surface area contributed by atoms with E-state index in [0.29, 0.717) is 23.5 Å². The number of nitrogens with one attached hydrogen (secondary N) is 1. The molecule has 0 fully saturated rings. The Hall–Kier alpha value is -2.08. The SMILES string of the molecule is Cc1nc(CNc2ccc(N)cc2C(N)=O)cs1. The molecule has 0 atom stereocenters. The summed E-state index contributed by atoms with van der Waals surface area (Å²) in [6, 6.07) is 5.03. The lowest BCUT2D eigenvalue weighted by atomic mass is 10.1. The fourth-order valence-electron chi connectivity index (χ4n) is 1.60. The van der Waals surface area contributed by atoms with Gasteiger partial charge in [-0.1, -0.05) is 0 Å². The Morgan fingerprint density at radius 3 is 2.89 bits per heavy atom. The van der Waals surface area contributed by atoms with Crippen LogP contribution in [0.4, 0.5) is 11.4 Å². The number of carbonyl (C=O) groups is 1. The zero-order valence-electron chi connectivity index (χ0n) is 9.93. The van der Waals surface area contributed by atoms with Gasteiger partial charge in [-0.2, -0.15) is 0 Å². The van der Waals surface area contributed by atoms with E-state index in [0.717, 1.165) is 10.7 Å². The number of amides is 1. The number of aryl methyl sites for hydroxylation is 1. The van der Waals surface area contributed by atoms with Gasteiger partial charge in [-0.25, -0.2) is 4.98 Å². The van der Waals surface area contributed by atoms with Gasteiger partial charge in [0.05, 0.1) is 22.8 Å². The summed E-state index contributed by atoms with van der Waals surface area (Å²) in [5.74, 6) is -0.501. The number of anilines is 2. The molecule has 0 unspecified atom stereocenters. The molecule has 2 rings (SSSR count). The third-order valence-corrected chi connectivity index (χ3v) is 3.26. The molecule has 0 aliphatic rings. The topological polar surface area (TPSA) is 94.0 Å². The molecule has 0 radical (unpaired) electrons. The van der Waals surface area contributed by atoms with Gasteiger partial charge in [-0.05, 0) is 25.1 Å². The van der Waals surface area contributed by atoms with Gasteiger partial charge in [0.25, 0.3) is 5.91 Å². The van der Waals surface area contributed by atoms with Crippen molar-refractivity contribution in [3.63, 3.8) is 0 Å². The Morgan fingerprint density at radius 1 is 1.50 bits per heavy atom. The average molecular weight is 262 g/mol. The molecule has 5 nitrogen and oxygen atoms in total. The molecule has 6 heteroatoms. The number of hydrogen-bond donors (Lipinski definition) is 3. The van der Waals surface area contributed by atoms with Crippen LogP contribution in [0.3, 0.4) is 0 Å². The van der Waals surface area contributed by atoms with Crippen LogP contribution >= 0.6 is 11.3 Å². The lowest BCUT2D eigenvalue weighted by Gasteiger charge is -2.09. The van der Waals surface area contributed by atoms with Crippen LogP contribution < -0.4 is 16.8 Å². The molecule has 2 aromatic rings. The smallest absolute Gasteiger partial charge is 0.250 e. The second-order valence-corrected chi connectivity index (χ2v) is 4.94. The van der Waals surface area contributed by atoms with Crippen molar-refractivity contribution < 1.29 is 4.79 Å². The minimum atomic E-state index is -0.501. The van der Waals surface area contributed by atoms with Gasteiger partial charge in [0.2, 0.25) is 0 Å². The van der Waals surface area contributed by atoms with Gasteiger partial charge in [-0.3, -0.25) is 4.79 Å². The second kappa shape index (κ2) is 5.05. The first-order valence-electron chi connectivity index (χ1n) is 5.40. The highest BCUT2D eigenvalue weighted by molar-refractivity contribution is 7.09. The lowest BCUT2D eigenvalue weighted by Crippen LogP contribution is -2.15. The molecule has 1 amide bonds. The number of nitrogens with zero attached hydrogens (tertiary/aromatic N) is 1. The molecule has 1 heterocycles. The molecule has 1 aromatic heterocycles. The summed E-state index contributed by atoms with van der Waals surface area (Å²) < 4.78 is 0. The molecule has 0 bridgehead atoms. The monoisotopic (exact) mass is 262 g/mol. The van der Waals surface area contributed by atoms with Gasteiger partial charge in [0, 0.05) is 16.8 Å². The van der Waals surface area contributed by atoms with E-state index < -0.39 is 5.91 Å². The van der Waals surface area contributed by atoms with E-state index in [1.165, 1.54) is 0 Å². The van der Waals surface area contributed by atoms with Gasteiger partial charge < -0.3 is 16.8 Å². The van der Waals surface area contributed by atoms with Crippen molar-refractivity contribution >= 4 is 28.6 Å². The van der Waals surface area contributed by atoms with E-state index >= 15 is 0 Å². The Balaban J connectivity index is 2.16. The standard InChI is InChI=1S/C12H14N4OS/c1-7-16-9(6-18-7)5-15-11-3-2-8(13)4-10(11)12(14)17/h2-4,6,15H,5,13H2,1H3,(H2,14,17). The normalized spacial score (nSPS) is 10.3. The maximum atomic E-state index is 11.3. The molecule has 5 N–H and O–H groups in total. The quantitative estimate of drug-likeness (QED) is 0.731. The van der Waals surface area contributed by atoms with Crippen molar-refractivity contribution in [1.82, 2.24) is 4.98 Å². The molecule has 0 saturated heterocycles. The van der Waals surface area contributed by atoms with Crippen molar-refractivity contribution in [2.45, 2.75) is 13.5 Å². The fraction of sp³-hybridized carbons (Fsp3) is 0.167. The van der Waals surface area contributed by atoms with Crippen LogP contribution in [0.15, 0.2) is 23.6 Å². The number of nitrogens with two attached hydrogens (primary N) is 2. The van der Waals surface area contributed by atoms with Crippen LogP contribution in [-0.4, -0.2) is 10.9 Å². The largest absolute Gasteiger partial charge is 0.399 e. The van der Waals surface area contributed by atoms with Crippen LogP contribution in [0.5, 0.6) is 0 Å². The molecule has 0 spiro atoms. The predicted molar refractivity (Wildman–Crippen MR) is 73.6 cm³/mol. The molecule has 0 aliphatic heterocycles. The van der Waals surface area contributed by atoms with Crippen molar-refractivity contribution in [2.75, 3.05) is 11.1 Å². The fourth-order valence-corrected chi connectivity index (χ4v) is 2.21. The van der Waals surface area contributed by atoms with E-state index in [2.05, 4.69) is 10.3 Å². The number of aromatic nitrogens is 1. The van der Waals surface area contributed by atoms with Gasteiger partial charge in [-0.15, -0.1) is 11.3 Å². The zero-order chi connectivity index (χ0) is 13.1. The predicted octanol–water partition coefficient (Wildman–Crippen LogP) is 1.74. The van der Waals surface area contributed by atoms with Crippen LogP contribution in [0.2, 0.25) is 0 Å². The summed E-state index contributed by atoms with van der Waals surface area (Å²) in [6.45, 7) is 2.50. The van der Waals surface area contributed by atoms with E-state index in [-0.39, 0.29) is 0 Å². The summed E-state index contributed by atoms with van der Waals surface area (Å²) in [5.41, 5.74) is 13.4. The number of nitrogen functional groups attached to an aromatic ring is 1. The van der Waals surface area contributed by atoms with Crippen molar-refractivity contribution in [3.05, 3.63) is 39.8 Å². The molecular weight excluding hydrogens is 248 g/mol. The first-order chi connectivity index (χ1) is 8.56. The lowest BCUT2D eigenvalue weighted by molar-refractivity contribution is 0.100. The van der Waals surface area contributed by atoms with Crippen LogP contribution in [0.1, 0.15) is 21.1 Å². The minimum absolute atomic E-state index is 0.391. The first-order valence-corrected chi connectivity index (χ1v) is 6.28. The molecule has 18 heavy (non-hydrogen) atoms. The summed E-state index contributed by atoms with van der Waals surface area (Å²) in [4.78, 5) is 15.6. The first kappa shape index (κ1) is 12.4. The summed E-state index contributed by atoms with van der Waals surface area (Å²) >= 11 is 1.59. The minimum Gasteiger partial charge on any atom is -0.399 e. The summed E-state index contributed by atoms with van der Waals surface area (Å²) in [6.07, 6.45) is 0. The Kier molecular flexibility index (Phi) is 3.47. The van der Waals surface area contributed by atoms with Crippen molar-refractivity contribution in [1.29, 1.82) is 0 Å². The summed E-state index contributed by atoms with van der Waals surface area (Å²) in [5, 5.41) is 6.13. The highest BCUT2D eigenvalue weighted by atomic mass is 32.1. The zero-order valence-corrected chi connectivity index (χ0v) is 10.8. The van der Waals surface area contributed by atoms with Crippen molar-refractivity contribution in [3.8, 4) is 0 Å². The van der Waals surface area contributed by atoms with Crippen molar-refractivity contribution in [2.24, 2.45) is 5.73 Å². The number of benzene rings is 1. The number of thiazole rings is 1. The van der Waals surface area contributed by atoms with Gasteiger partial charge in [0.15, 0.2) is 0 Å². The van der Waals surface area contributed by atoms with E-state index in [9.17, 15) is 4.79 Å². The highest BCUT2D eigenvalue weighted by Gasteiger charge is 2.08. The third-order valence-electron chi connectivity index (χ3n) is 2.44. The number of hydrogen-bond acceptors (Lipinski definition) is 5. The highest BCUT2D eigenvalue weighted by Crippen LogP contribution is 2.19. The van der Waals surface area contributed by atoms with E-state index in [1.54, 1.807) is 29.5 Å². The number of primary amides is 1. The Bertz CT molecular complexity index is 579. The molecule has 1 aromatic carbocycles. The maximum Gasteiger partial charge on any atom is 0.250 e. The number of carbonyl (C=O) groups excluding carboxylic acids is 1. The number of rotatable bonds is 4. The third kappa shape index (κ3) is 2.78. The average Bonchev–Trinajstić information content (AvgIpc) is 2.73. The van der Waals surface area contributed by atoms with Crippen LogP contribution in [0.25, 0.3) is 0 Å². The van der Waals surface area contributed by atoms with E-state index in [1.807, 2.05) is 12.3 Å². The Morgan fingerprint density at radius 2 is 2.28 bits per heavy atom.